The van der Waals surface area contributed by atoms with Gasteiger partial charge in [0, 0.05) is 44.3 Å². The number of thiophene rings is 1. The standard InChI is InChI=1S/C41H22N6S/c1-5-13-28-23(9-1)24-10-2-6-14-29(24)41(28)30-15-7-3-12-26(30)37-31(41)19-33-38-45-22-34(47(38)40-39(46(33)37)42-17-18-43-40)32-20-36-27(21-44-32)25-11-4-8-16-35(25)48-36/h1-22H. The zero-order chi connectivity index (χ0) is 31.1. The lowest BCUT2D eigenvalue weighted by Crippen LogP contribution is -2.25. The molecule has 10 aromatic rings. The number of aromatic nitrogens is 6. The van der Waals surface area contributed by atoms with Crippen LogP contribution in [0.4, 0.5) is 0 Å². The number of imidazole rings is 1. The molecule has 0 saturated carbocycles. The van der Waals surface area contributed by atoms with Crippen molar-refractivity contribution >= 4 is 54.0 Å². The van der Waals surface area contributed by atoms with Gasteiger partial charge in [0.2, 0.25) is 0 Å². The summed E-state index contributed by atoms with van der Waals surface area (Å²) in [6, 6.07) is 39.7. The number of benzene rings is 4. The van der Waals surface area contributed by atoms with E-state index in [0.29, 0.717) is 0 Å². The Balaban J connectivity index is 1.22. The van der Waals surface area contributed by atoms with Crippen molar-refractivity contribution < 1.29 is 0 Å². The molecule has 7 heteroatoms. The first kappa shape index (κ1) is 25.0. The lowest BCUT2D eigenvalue weighted by molar-refractivity contribution is 0.795. The van der Waals surface area contributed by atoms with Crippen LogP contribution in [0.1, 0.15) is 22.3 Å². The summed E-state index contributed by atoms with van der Waals surface area (Å²) in [5.41, 5.74) is 14.7. The van der Waals surface area contributed by atoms with Crippen LogP contribution in [0.5, 0.6) is 0 Å². The maximum atomic E-state index is 5.11. The molecule has 0 saturated heterocycles. The number of hydrogen-bond donors (Lipinski definition) is 0. The summed E-state index contributed by atoms with van der Waals surface area (Å²) in [7, 11) is 0. The fourth-order valence-corrected chi connectivity index (χ4v) is 9.86. The van der Waals surface area contributed by atoms with Crippen molar-refractivity contribution in [2.45, 2.75) is 5.41 Å². The van der Waals surface area contributed by atoms with Crippen LogP contribution in [-0.4, -0.2) is 28.7 Å². The Morgan fingerprint density at radius 2 is 1.15 bits per heavy atom. The van der Waals surface area contributed by atoms with E-state index < -0.39 is 5.41 Å². The molecular formula is C41H22N6S. The molecule has 12 rings (SSSR count). The van der Waals surface area contributed by atoms with Gasteiger partial charge in [-0.25, -0.2) is 15.0 Å². The highest BCUT2D eigenvalue weighted by Crippen LogP contribution is 2.63. The third-order valence-electron chi connectivity index (χ3n) is 10.5. The van der Waals surface area contributed by atoms with E-state index in [0.717, 1.165) is 39.5 Å². The maximum Gasteiger partial charge on any atom is 0.183 e. The number of hydrogen-bond acceptors (Lipinski definition) is 5. The van der Waals surface area contributed by atoms with Crippen LogP contribution in [-0.2, 0) is 5.41 Å². The van der Waals surface area contributed by atoms with Gasteiger partial charge in [0.05, 0.1) is 34.2 Å². The molecule has 0 bridgehead atoms. The summed E-state index contributed by atoms with van der Waals surface area (Å²) in [6.45, 7) is 0. The van der Waals surface area contributed by atoms with Crippen molar-refractivity contribution in [2.24, 2.45) is 0 Å². The largest absolute Gasteiger partial charge is 0.287 e. The van der Waals surface area contributed by atoms with E-state index in [9.17, 15) is 0 Å². The molecule has 0 unspecified atom stereocenters. The summed E-state index contributed by atoms with van der Waals surface area (Å²) in [5, 5.41) is 2.41. The Morgan fingerprint density at radius 1 is 0.500 bits per heavy atom. The number of rotatable bonds is 1. The first-order chi connectivity index (χ1) is 23.8. The normalized spacial score (nSPS) is 14.0. The van der Waals surface area contributed by atoms with Crippen LogP contribution in [0.15, 0.2) is 134 Å². The molecule has 6 heterocycles. The van der Waals surface area contributed by atoms with Gasteiger partial charge in [-0.1, -0.05) is 91.0 Å². The second-order valence-corrected chi connectivity index (χ2v) is 13.8. The van der Waals surface area contributed by atoms with Crippen LogP contribution < -0.4 is 0 Å². The molecule has 2 aliphatic carbocycles. The van der Waals surface area contributed by atoms with E-state index in [-0.39, 0.29) is 0 Å². The average molecular weight is 631 g/mol. The van der Waals surface area contributed by atoms with E-state index in [2.05, 4.69) is 118 Å². The van der Waals surface area contributed by atoms with Crippen molar-refractivity contribution in [3.05, 3.63) is 156 Å². The van der Waals surface area contributed by atoms with Gasteiger partial charge in [0.1, 0.15) is 0 Å². The highest BCUT2D eigenvalue weighted by molar-refractivity contribution is 7.25. The highest BCUT2D eigenvalue weighted by atomic mass is 32.1. The fourth-order valence-electron chi connectivity index (χ4n) is 8.75. The Labute approximate surface area is 277 Å². The van der Waals surface area contributed by atoms with Crippen molar-refractivity contribution in [1.82, 2.24) is 28.7 Å². The lowest BCUT2D eigenvalue weighted by atomic mass is 9.71. The number of nitrogens with zero attached hydrogens (tertiary/aromatic N) is 6. The molecule has 2 aliphatic rings. The molecular weight excluding hydrogens is 609 g/mol. The fraction of sp³-hybridized carbons (Fsp3) is 0.0244. The molecule has 222 valence electrons. The average Bonchev–Trinajstić information content (AvgIpc) is 3.95. The molecule has 0 aliphatic heterocycles. The van der Waals surface area contributed by atoms with E-state index >= 15 is 0 Å². The Bertz CT molecular complexity index is 2990. The van der Waals surface area contributed by atoms with Gasteiger partial charge < -0.3 is 0 Å². The monoisotopic (exact) mass is 630 g/mol. The smallest absolute Gasteiger partial charge is 0.183 e. The van der Waals surface area contributed by atoms with Crippen LogP contribution in [0.3, 0.4) is 0 Å². The zero-order valence-electron chi connectivity index (χ0n) is 25.3. The SMILES string of the molecule is c1ccc2c(c1)-c1ccccc1C21c2ccccc2-c2c1cc1c3ncc(-c4cc5sc6ccccc6c5cn4)n3c3nccnc3n21. The molecule has 0 fully saturated rings. The zero-order valence-corrected chi connectivity index (χ0v) is 26.1. The topological polar surface area (TPSA) is 60.4 Å². The first-order valence-corrected chi connectivity index (χ1v) is 16.9. The summed E-state index contributed by atoms with van der Waals surface area (Å²) < 4.78 is 6.90. The van der Waals surface area contributed by atoms with Crippen molar-refractivity contribution in [1.29, 1.82) is 0 Å². The summed E-state index contributed by atoms with van der Waals surface area (Å²) >= 11 is 1.79. The van der Waals surface area contributed by atoms with Gasteiger partial charge in [-0.15, -0.1) is 11.3 Å². The molecule has 0 amide bonds. The number of pyridine rings is 1. The molecule has 48 heavy (non-hydrogen) atoms. The Kier molecular flexibility index (Phi) is 4.47. The van der Waals surface area contributed by atoms with Gasteiger partial charge in [-0.05, 0) is 51.6 Å². The minimum absolute atomic E-state index is 0.458. The molecule has 0 N–H and O–H groups in total. The Morgan fingerprint density at radius 3 is 1.92 bits per heavy atom. The second kappa shape index (κ2) is 8.59. The first-order valence-electron chi connectivity index (χ1n) is 16.1. The Hall–Kier alpha value is -6.18. The predicted molar refractivity (Wildman–Crippen MR) is 192 cm³/mol. The third-order valence-corrected chi connectivity index (χ3v) is 11.7. The van der Waals surface area contributed by atoms with Gasteiger partial charge in [0.15, 0.2) is 16.9 Å². The molecule has 0 atom stereocenters. The van der Waals surface area contributed by atoms with Gasteiger partial charge in [-0.3, -0.25) is 13.8 Å². The minimum atomic E-state index is -0.458. The molecule has 0 radical (unpaired) electrons. The second-order valence-electron chi connectivity index (χ2n) is 12.7. The van der Waals surface area contributed by atoms with Gasteiger partial charge in [-0.2, -0.15) is 0 Å². The summed E-state index contributed by atoms with van der Waals surface area (Å²) in [4.78, 5) is 20.1. The molecule has 1 spiro atoms. The number of fused-ring (bicyclic) bond motifs is 20. The quantitative estimate of drug-likeness (QED) is 0.181. The highest BCUT2D eigenvalue weighted by Gasteiger charge is 2.53. The van der Waals surface area contributed by atoms with E-state index in [1.54, 1.807) is 23.7 Å². The summed E-state index contributed by atoms with van der Waals surface area (Å²) in [6.07, 6.45) is 7.49. The van der Waals surface area contributed by atoms with Gasteiger partial charge >= 0.3 is 0 Å². The van der Waals surface area contributed by atoms with Crippen molar-refractivity contribution in [3.63, 3.8) is 0 Å². The predicted octanol–water partition coefficient (Wildman–Crippen LogP) is 9.30. The van der Waals surface area contributed by atoms with E-state index in [4.69, 9.17) is 19.9 Å². The van der Waals surface area contributed by atoms with Gasteiger partial charge in [0.25, 0.3) is 0 Å². The van der Waals surface area contributed by atoms with Crippen molar-refractivity contribution in [3.8, 4) is 33.8 Å². The van der Waals surface area contributed by atoms with Crippen LogP contribution in [0, 0.1) is 0 Å². The summed E-state index contributed by atoms with van der Waals surface area (Å²) in [5.74, 6) is 0. The van der Waals surface area contributed by atoms with Crippen molar-refractivity contribution in [2.75, 3.05) is 0 Å². The molecule has 6 nitrogen and oxygen atoms in total. The van der Waals surface area contributed by atoms with E-state index in [1.807, 2.05) is 12.4 Å². The third kappa shape index (κ3) is 2.78. The van der Waals surface area contributed by atoms with Crippen LogP contribution >= 0.6 is 11.3 Å². The molecule has 4 aromatic carbocycles. The minimum Gasteiger partial charge on any atom is -0.287 e. The molecule has 6 aromatic heterocycles. The van der Waals surface area contributed by atoms with Crippen LogP contribution in [0.2, 0.25) is 0 Å². The maximum absolute atomic E-state index is 5.11. The van der Waals surface area contributed by atoms with Crippen LogP contribution in [0.25, 0.3) is 76.4 Å². The van der Waals surface area contributed by atoms with E-state index in [1.165, 1.54) is 59.1 Å². The lowest BCUT2D eigenvalue weighted by Gasteiger charge is -2.29.